The van der Waals surface area contributed by atoms with E-state index in [0.29, 0.717) is 5.02 Å². The van der Waals surface area contributed by atoms with E-state index in [2.05, 4.69) is 9.40 Å². The van der Waals surface area contributed by atoms with Crippen LogP contribution in [0.25, 0.3) is 0 Å². The third kappa shape index (κ3) is 3.97. The molecular formula is C10H8Cl2N2O3. The Hall–Kier alpha value is -1.72. The zero-order chi connectivity index (χ0) is 12.8. The SMILES string of the molecule is NC(=O)c1cccc(Cl)c1Cl.O=c1[nH]cco1. The number of aromatic nitrogens is 1. The minimum atomic E-state index is -0.572. The van der Waals surface area contributed by atoms with E-state index < -0.39 is 11.7 Å². The number of oxazole rings is 1. The van der Waals surface area contributed by atoms with Gasteiger partial charge in [0.1, 0.15) is 6.26 Å². The lowest BCUT2D eigenvalue weighted by atomic mass is 10.2. The van der Waals surface area contributed by atoms with Crippen molar-refractivity contribution in [1.82, 2.24) is 4.98 Å². The Morgan fingerprint density at radius 1 is 1.35 bits per heavy atom. The molecular weight excluding hydrogens is 267 g/mol. The lowest BCUT2D eigenvalue weighted by Gasteiger charge is -1.99. The zero-order valence-electron chi connectivity index (χ0n) is 8.44. The van der Waals surface area contributed by atoms with Gasteiger partial charge in [-0.05, 0) is 12.1 Å². The highest BCUT2D eigenvalue weighted by atomic mass is 35.5. The summed E-state index contributed by atoms with van der Waals surface area (Å²) in [6.45, 7) is 0. The molecule has 1 amide bonds. The number of hydrogen-bond acceptors (Lipinski definition) is 3. The molecule has 0 aliphatic rings. The maximum absolute atomic E-state index is 10.7. The van der Waals surface area contributed by atoms with E-state index in [9.17, 15) is 9.59 Å². The topological polar surface area (TPSA) is 89.1 Å². The van der Waals surface area contributed by atoms with Gasteiger partial charge in [-0.15, -0.1) is 0 Å². The first-order valence-electron chi connectivity index (χ1n) is 4.38. The second-order valence-corrected chi connectivity index (χ2v) is 3.60. The molecule has 17 heavy (non-hydrogen) atoms. The number of carbonyl (C=O) groups excluding carboxylic acids is 1. The predicted octanol–water partition coefficient (Wildman–Crippen LogP) is 2.06. The lowest BCUT2D eigenvalue weighted by Crippen LogP contribution is -2.11. The van der Waals surface area contributed by atoms with E-state index in [1.165, 1.54) is 18.5 Å². The van der Waals surface area contributed by atoms with Gasteiger partial charge in [-0.1, -0.05) is 29.3 Å². The Morgan fingerprint density at radius 3 is 2.41 bits per heavy atom. The number of nitrogens with one attached hydrogen (secondary N) is 1. The van der Waals surface area contributed by atoms with Crippen molar-refractivity contribution in [3.63, 3.8) is 0 Å². The molecule has 1 aromatic heterocycles. The van der Waals surface area contributed by atoms with E-state index in [4.69, 9.17) is 28.9 Å². The fourth-order valence-corrected chi connectivity index (χ4v) is 1.32. The summed E-state index contributed by atoms with van der Waals surface area (Å²) in [6.07, 6.45) is 2.73. The van der Waals surface area contributed by atoms with Gasteiger partial charge < -0.3 is 10.2 Å². The van der Waals surface area contributed by atoms with Crippen molar-refractivity contribution in [3.05, 3.63) is 56.8 Å². The van der Waals surface area contributed by atoms with Crippen molar-refractivity contribution in [2.24, 2.45) is 5.73 Å². The number of hydrogen-bond donors (Lipinski definition) is 2. The maximum Gasteiger partial charge on any atom is 0.416 e. The largest absolute Gasteiger partial charge is 0.417 e. The monoisotopic (exact) mass is 274 g/mol. The van der Waals surface area contributed by atoms with E-state index in [1.54, 1.807) is 12.1 Å². The van der Waals surface area contributed by atoms with Crippen LogP contribution in [0.1, 0.15) is 10.4 Å². The Bertz CT molecular complexity index is 546. The molecule has 0 fully saturated rings. The Kier molecular flexibility index (Phi) is 4.81. The summed E-state index contributed by atoms with van der Waals surface area (Å²) in [5.74, 6) is -0.979. The molecule has 1 aromatic carbocycles. The van der Waals surface area contributed by atoms with Gasteiger partial charge in [0.15, 0.2) is 0 Å². The first-order chi connectivity index (χ1) is 8.02. The molecule has 0 saturated carbocycles. The van der Waals surface area contributed by atoms with Gasteiger partial charge in [0.2, 0.25) is 5.91 Å². The van der Waals surface area contributed by atoms with Gasteiger partial charge in [-0.25, -0.2) is 4.79 Å². The van der Waals surface area contributed by atoms with Gasteiger partial charge in [-0.3, -0.25) is 9.78 Å². The molecule has 2 rings (SSSR count). The summed E-state index contributed by atoms with van der Waals surface area (Å²) in [5.41, 5.74) is 5.25. The predicted molar refractivity (Wildman–Crippen MR) is 64.3 cm³/mol. The summed E-state index contributed by atoms with van der Waals surface area (Å²) in [6, 6.07) is 4.74. The van der Waals surface area contributed by atoms with Crippen molar-refractivity contribution in [2.75, 3.05) is 0 Å². The molecule has 0 radical (unpaired) electrons. The minimum absolute atomic E-state index is 0.210. The second kappa shape index (κ2) is 6.12. The number of aromatic amines is 1. The summed E-state index contributed by atoms with van der Waals surface area (Å²) in [4.78, 5) is 22.8. The molecule has 1 heterocycles. The number of benzene rings is 1. The smallest absolute Gasteiger partial charge is 0.416 e. The van der Waals surface area contributed by atoms with Crippen LogP contribution in [0.2, 0.25) is 10.0 Å². The molecule has 7 heteroatoms. The second-order valence-electron chi connectivity index (χ2n) is 2.82. The van der Waals surface area contributed by atoms with Gasteiger partial charge in [0.25, 0.3) is 0 Å². The fraction of sp³-hybridized carbons (Fsp3) is 0. The number of H-pyrrole nitrogens is 1. The van der Waals surface area contributed by atoms with Crippen molar-refractivity contribution in [1.29, 1.82) is 0 Å². The zero-order valence-corrected chi connectivity index (χ0v) is 9.96. The molecule has 3 N–H and O–H groups in total. The van der Waals surface area contributed by atoms with Gasteiger partial charge in [0, 0.05) is 6.20 Å². The number of amides is 1. The van der Waals surface area contributed by atoms with Crippen molar-refractivity contribution in [2.45, 2.75) is 0 Å². The Morgan fingerprint density at radius 2 is 2.06 bits per heavy atom. The Labute approximate surface area is 106 Å². The summed E-state index contributed by atoms with van der Waals surface area (Å²) >= 11 is 11.3. The molecule has 0 aliphatic carbocycles. The van der Waals surface area contributed by atoms with Gasteiger partial charge >= 0.3 is 5.76 Å². The van der Waals surface area contributed by atoms with Gasteiger partial charge in [-0.2, -0.15) is 0 Å². The highest BCUT2D eigenvalue weighted by Crippen LogP contribution is 2.24. The van der Waals surface area contributed by atoms with Crippen LogP contribution in [0.5, 0.6) is 0 Å². The number of rotatable bonds is 1. The van der Waals surface area contributed by atoms with Crippen LogP contribution in [-0.2, 0) is 0 Å². The average molecular weight is 275 g/mol. The molecule has 0 unspecified atom stereocenters. The molecule has 0 atom stereocenters. The third-order valence-electron chi connectivity index (χ3n) is 1.66. The summed E-state index contributed by atoms with van der Waals surface area (Å²) in [5, 5.41) is 0.546. The lowest BCUT2D eigenvalue weighted by molar-refractivity contribution is 0.100. The first-order valence-corrected chi connectivity index (χ1v) is 5.14. The number of primary amides is 1. The van der Waals surface area contributed by atoms with Crippen LogP contribution in [0.15, 0.2) is 39.9 Å². The number of nitrogens with two attached hydrogens (primary N) is 1. The first kappa shape index (κ1) is 13.3. The molecule has 0 bridgehead atoms. The minimum Gasteiger partial charge on any atom is -0.417 e. The van der Waals surface area contributed by atoms with Crippen LogP contribution in [0.3, 0.4) is 0 Å². The molecule has 5 nitrogen and oxygen atoms in total. The molecule has 2 aromatic rings. The quantitative estimate of drug-likeness (QED) is 0.834. The van der Waals surface area contributed by atoms with E-state index in [-0.39, 0.29) is 10.6 Å². The van der Waals surface area contributed by atoms with E-state index >= 15 is 0 Å². The fourth-order valence-electron chi connectivity index (χ4n) is 0.926. The van der Waals surface area contributed by atoms with Crippen molar-refractivity contribution < 1.29 is 9.21 Å². The normalized spacial score (nSPS) is 9.29. The highest BCUT2D eigenvalue weighted by Gasteiger charge is 2.07. The van der Waals surface area contributed by atoms with E-state index in [0.717, 1.165) is 0 Å². The van der Waals surface area contributed by atoms with Crippen molar-refractivity contribution in [3.8, 4) is 0 Å². The highest BCUT2D eigenvalue weighted by molar-refractivity contribution is 6.43. The summed E-state index contributed by atoms with van der Waals surface area (Å²) in [7, 11) is 0. The standard InChI is InChI=1S/C7H5Cl2NO.C3H3NO2/c8-5-3-1-2-4(6(5)9)7(10)11;5-3-4-1-2-6-3/h1-3H,(H2,10,11);1-2H,(H,4,5). The van der Waals surface area contributed by atoms with Gasteiger partial charge in [0.05, 0.1) is 15.6 Å². The Balaban J connectivity index is 0.000000202. The van der Waals surface area contributed by atoms with Crippen LogP contribution in [-0.4, -0.2) is 10.9 Å². The van der Waals surface area contributed by atoms with Crippen molar-refractivity contribution >= 4 is 29.1 Å². The van der Waals surface area contributed by atoms with Crippen LogP contribution >= 0.6 is 23.2 Å². The van der Waals surface area contributed by atoms with E-state index in [1.807, 2.05) is 0 Å². The average Bonchev–Trinajstić information content (AvgIpc) is 2.74. The molecule has 0 saturated heterocycles. The van der Waals surface area contributed by atoms with Crippen LogP contribution in [0, 0.1) is 0 Å². The molecule has 90 valence electrons. The third-order valence-corrected chi connectivity index (χ3v) is 2.48. The molecule has 0 spiro atoms. The van der Waals surface area contributed by atoms with Crippen LogP contribution < -0.4 is 11.5 Å². The number of carbonyl (C=O) groups is 1. The maximum atomic E-state index is 10.7. The number of halogens is 2. The van der Waals surface area contributed by atoms with Crippen LogP contribution in [0.4, 0.5) is 0 Å². The summed E-state index contributed by atoms with van der Waals surface area (Å²) < 4.78 is 4.22. The molecule has 0 aliphatic heterocycles.